The minimum atomic E-state index is 0.314. The monoisotopic (exact) mass is 800 g/mol. The molecule has 0 bridgehead atoms. The lowest BCUT2D eigenvalue weighted by Gasteiger charge is -2.32. The van der Waals surface area contributed by atoms with Gasteiger partial charge in [-0.3, -0.25) is 0 Å². The highest BCUT2D eigenvalue weighted by atomic mass is 15.2. The van der Waals surface area contributed by atoms with Crippen LogP contribution in [0, 0.1) is 13.8 Å². The lowest BCUT2D eigenvalue weighted by Crippen LogP contribution is -2.14. The molecule has 0 saturated heterocycles. The van der Waals surface area contributed by atoms with Gasteiger partial charge in [-0.25, -0.2) is 0 Å². The van der Waals surface area contributed by atoms with Crippen molar-refractivity contribution in [1.29, 1.82) is 0 Å². The summed E-state index contributed by atoms with van der Waals surface area (Å²) in [5.74, 6) is 0.628. The van der Waals surface area contributed by atoms with Crippen LogP contribution in [-0.4, -0.2) is 0 Å². The van der Waals surface area contributed by atoms with Gasteiger partial charge < -0.3 is 9.80 Å². The minimum absolute atomic E-state index is 0.314. The molecule has 0 saturated carbocycles. The van der Waals surface area contributed by atoms with Crippen LogP contribution in [0.25, 0.3) is 54.6 Å². The van der Waals surface area contributed by atoms with Gasteiger partial charge in [0.1, 0.15) is 0 Å². The molecule has 0 amide bonds. The third kappa shape index (κ3) is 6.96. The Morgan fingerprint density at radius 1 is 0.323 bits per heavy atom. The first-order valence-electron chi connectivity index (χ1n) is 22.1. The lowest BCUT2D eigenvalue weighted by molar-refractivity contribution is 0.865. The maximum atomic E-state index is 2.51. The summed E-state index contributed by atoms with van der Waals surface area (Å²) in [6.45, 7) is 13.6. The highest BCUT2D eigenvalue weighted by Crippen LogP contribution is 2.50. The molecule has 0 radical (unpaired) electrons. The van der Waals surface area contributed by atoms with E-state index in [1.807, 2.05) is 0 Å². The first kappa shape index (κ1) is 39.0. The molecule has 0 spiro atoms. The second kappa shape index (κ2) is 16.0. The fraction of sp³-hybridized carbons (Fsp3) is 0.133. The maximum absolute atomic E-state index is 2.51. The highest BCUT2D eigenvalue weighted by molar-refractivity contribution is 6.28. The average molecular weight is 801 g/mol. The third-order valence-electron chi connectivity index (χ3n) is 12.7. The molecule has 302 valence electrons. The smallest absolute Gasteiger partial charge is 0.0540 e. The predicted octanol–water partition coefficient (Wildman–Crippen LogP) is 17.7. The normalized spacial score (nSPS) is 11.7. The summed E-state index contributed by atoms with van der Waals surface area (Å²) in [5.41, 5.74) is 17.0. The Kier molecular flexibility index (Phi) is 10.1. The number of hydrogen-bond donors (Lipinski definition) is 0. The second-order valence-electron chi connectivity index (χ2n) is 17.5. The highest BCUT2D eigenvalue weighted by Gasteiger charge is 2.25. The molecule has 0 aliphatic heterocycles. The van der Waals surface area contributed by atoms with Gasteiger partial charge in [-0.1, -0.05) is 184 Å². The van der Waals surface area contributed by atoms with Crippen LogP contribution in [-0.2, 0) is 0 Å². The SMILES string of the molecule is Cc1ccc(N(c2cc(-c3ccccc3)ccc2C(C)C)c2ccc3ccc4c(N(c5ccc(C)cc5)c5cc(-c6ccccc6)ccc5C(C)C)ccc5ccc2c3c54)cc1. The fourth-order valence-electron chi connectivity index (χ4n) is 9.44. The molecule has 0 atom stereocenters. The van der Waals surface area contributed by atoms with E-state index in [2.05, 4.69) is 245 Å². The Hall–Kier alpha value is -7.16. The number of benzene rings is 10. The lowest BCUT2D eigenvalue weighted by atomic mass is 9.90. The van der Waals surface area contributed by atoms with Crippen molar-refractivity contribution < 1.29 is 0 Å². The van der Waals surface area contributed by atoms with Crippen LogP contribution < -0.4 is 9.80 Å². The summed E-state index contributed by atoms with van der Waals surface area (Å²) >= 11 is 0. The van der Waals surface area contributed by atoms with Gasteiger partial charge >= 0.3 is 0 Å². The number of hydrogen-bond acceptors (Lipinski definition) is 2. The fourth-order valence-corrected chi connectivity index (χ4v) is 9.44. The zero-order valence-electron chi connectivity index (χ0n) is 36.5. The first-order chi connectivity index (χ1) is 30.2. The number of aryl methyl sites for hydroxylation is 2. The van der Waals surface area contributed by atoms with Crippen LogP contribution in [0.4, 0.5) is 34.1 Å². The second-order valence-corrected chi connectivity index (χ2v) is 17.5. The summed E-state index contributed by atoms with van der Waals surface area (Å²) in [6, 6.07) is 72.3. The van der Waals surface area contributed by atoms with Crippen molar-refractivity contribution in [3.8, 4) is 22.3 Å². The number of rotatable bonds is 10. The quantitative estimate of drug-likeness (QED) is 0.127. The summed E-state index contributed by atoms with van der Waals surface area (Å²) in [5, 5.41) is 7.50. The first-order valence-corrected chi connectivity index (χ1v) is 22.1. The van der Waals surface area contributed by atoms with Crippen LogP contribution in [0.5, 0.6) is 0 Å². The maximum Gasteiger partial charge on any atom is 0.0540 e. The van der Waals surface area contributed by atoms with Crippen LogP contribution in [0.1, 0.15) is 61.8 Å². The average Bonchev–Trinajstić information content (AvgIpc) is 3.30. The van der Waals surface area contributed by atoms with Crippen molar-refractivity contribution >= 4 is 66.4 Å². The van der Waals surface area contributed by atoms with Crippen molar-refractivity contribution in [2.45, 2.75) is 53.4 Å². The van der Waals surface area contributed by atoms with E-state index in [1.54, 1.807) is 0 Å². The minimum Gasteiger partial charge on any atom is -0.310 e. The molecule has 2 heteroatoms. The van der Waals surface area contributed by atoms with E-state index in [1.165, 1.54) is 99.6 Å². The zero-order chi connectivity index (χ0) is 42.5. The molecule has 0 N–H and O–H groups in total. The van der Waals surface area contributed by atoms with Crippen molar-refractivity contribution in [2.24, 2.45) is 0 Å². The number of anilines is 6. The molecular weight excluding hydrogens is 749 g/mol. The molecule has 10 aromatic carbocycles. The molecule has 0 fully saturated rings. The van der Waals surface area contributed by atoms with E-state index in [4.69, 9.17) is 0 Å². The van der Waals surface area contributed by atoms with Crippen molar-refractivity contribution in [3.63, 3.8) is 0 Å². The standard InChI is InChI=1S/C60H52N2/c1-39(2)51-31-23-47(43-13-9-7-10-14-43)37-57(51)61(49-27-17-41(5)18-28-49)55-35-25-45-22-34-54-56(36-26-46-21-33-53(55)59(45)60(46)54)62(50-29-19-42(6)20-30-50)58-38-48(24-32-52(58)40(3)4)44-15-11-8-12-16-44/h7-40H,1-6H3. The Morgan fingerprint density at radius 2 is 0.694 bits per heavy atom. The molecule has 0 unspecified atom stereocenters. The van der Waals surface area contributed by atoms with Crippen molar-refractivity contribution in [3.05, 3.63) is 216 Å². The summed E-state index contributed by atoms with van der Waals surface area (Å²) in [6.07, 6.45) is 0. The van der Waals surface area contributed by atoms with Gasteiger partial charge in [0, 0.05) is 22.1 Å². The van der Waals surface area contributed by atoms with Gasteiger partial charge in [-0.15, -0.1) is 0 Å². The van der Waals surface area contributed by atoms with E-state index < -0.39 is 0 Å². The molecule has 0 aliphatic rings. The van der Waals surface area contributed by atoms with Crippen LogP contribution >= 0.6 is 0 Å². The molecule has 10 rings (SSSR count). The van der Waals surface area contributed by atoms with Gasteiger partial charge in [0.25, 0.3) is 0 Å². The Balaban J connectivity index is 1.24. The van der Waals surface area contributed by atoms with Crippen molar-refractivity contribution in [1.82, 2.24) is 0 Å². The zero-order valence-corrected chi connectivity index (χ0v) is 36.5. The van der Waals surface area contributed by atoms with E-state index in [-0.39, 0.29) is 0 Å². The largest absolute Gasteiger partial charge is 0.310 e. The van der Waals surface area contributed by atoms with Crippen LogP contribution in [0.15, 0.2) is 194 Å². The molecule has 62 heavy (non-hydrogen) atoms. The Morgan fingerprint density at radius 3 is 1.06 bits per heavy atom. The van der Waals surface area contributed by atoms with Crippen LogP contribution in [0.2, 0.25) is 0 Å². The molecule has 10 aromatic rings. The molecule has 0 aromatic heterocycles. The van der Waals surface area contributed by atoms with Gasteiger partial charge in [-0.05, 0) is 129 Å². The molecule has 0 aliphatic carbocycles. The Bertz CT molecular complexity index is 2960. The Labute approximate surface area is 366 Å². The van der Waals surface area contributed by atoms with Crippen LogP contribution in [0.3, 0.4) is 0 Å². The van der Waals surface area contributed by atoms with E-state index >= 15 is 0 Å². The molecular formula is C60H52N2. The van der Waals surface area contributed by atoms with Gasteiger partial charge in [0.15, 0.2) is 0 Å². The molecule has 0 heterocycles. The van der Waals surface area contributed by atoms with Gasteiger partial charge in [-0.2, -0.15) is 0 Å². The van der Waals surface area contributed by atoms with E-state index in [0.717, 1.165) is 11.4 Å². The van der Waals surface area contributed by atoms with E-state index in [9.17, 15) is 0 Å². The van der Waals surface area contributed by atoms with Gasteiger partial charge in [0.05, 0.1) is 22.7 Å². The summed E-state index contributed by atoms with van der Waals surface area (Å²) in [7, 11) is 0. The molecule has 2 nitrogen and oxygen atoms in total. The summed E-state index contributed by atoms with van der Waals surface area (Å²) < 4.78 is 0. The predicted molar refractivity (Wildman–Crippen MR) is 268 cm³/mol. The topological polar surface area (TPSA) is 6.48 Å². The van der Waals surface area contributed by atoms with Gasteiger partial charge in [0.2, 0.25) is 0 Å². The van der Waals surface area contributed by atoms with Crippen molar-refractivity contribution in [2.75, 3.05) is 9.80 Å². The third-order valence-corrected chi connectivity index (χ3v) is 12.7. The van der Waals surface area contributed by atoms with E-state index in [0.29, 0.717) is 11.8 Å². The summed E-state index contributed by atoms with van der Waals surface area (Å²) in [4.78, 5) is 5.02. The number of nitrogens with zero attached hydrogens (tertiary/aromatic N) is 2.